The smallest absolute Gasteiger partial charge is 0.235 e. The van der Waals surface area contributed by atoms with Crippen LogP contribution in [0.25, 0.3) is 22.3 Å². The van der Waals surface area contributed by atoms with E-state index in [0.29, 0.717) is 11.5 Å². The summed E-state index contributed by atoms with van der Waals surface area (Å²) in [7, 11) is 0. The summed E-state index contributed by atoms with van der Waals surface area (Å²) in [6.07, 6.45) is 3.20. The van der Waals surface area contributed by atoms with E-state index in [0.717, 1.165) is 37.0 Å². The van der Waals surface area contributed by atoms with E-state index in [9.17, 15) is 25.2 Å². The average molecular weight is 370 g/mol. The molecule has 1 aromatic heterocycles. The Kier molecular flexibility index (Phi) is 4.99. The highest BCUT2D eigenvalue weighted by Gasteiger charge is 2.19. The van der Waals surface area contributed by atoms with Crippen LogP contribution in [0.3, 0.4) is 0 Å². The molecule has 0 aliphatic carbocycles. The van der Waals surface area contributed by atoms with Crippen molar-refractivity contribution in [1.82, 2.24) is 0 Å². The van der Waals surface area contributed by atoms with E-state index in [1.807, 2.05) is 6.07 Å². The lowest BCUT2D eigenvalue weighted by atomic mass is 9.94. The highest BCUT2D eigenvalue weighted by atomic mass is 16.4. The van der Waals surface area contributed by atoms with Crippen LogP contribution in [0.4, 0.5) is 0 Å². The number of rotatable bonds is 5. The number of phenols is 3. The molecule has 3 aromatic rings. The predicted molar refractivity (Wildman–Crippen MR) is 103 cm³/mol. The monoisotopic (exact) mass is 370 g/mol. The zero-order chi connectivity index (χ0) is 19.7. The lowest BCUT2D eigenvalue weighted by Gasteiger charge is -2.13. The van der Waals surface area contributed by atoms with Crippen LogP contribution < -0.4 is 5.43 Å². The molecular weight excluding hydrogens is 348 g/mol. The Morgan fingerprint density at radius 2 is 1.67 bits per heavy atom. The lowest BCUT2D eigenvalue weighted by molar-refractivity contribution is 0.368. The van der Waals surface area contributed by atoms with Gasteiger partial charge >= 0.3 is 0 Å². The van der Waals surface area contributed by atoms with E-state index >= 15 is 0 Å². The Balaban J connectivity index is 2.17. The van der Waals surface area contributed by atoms with Crippen molar-refractivity contribution in [1.29, 1.82) is 0 Å². The molecule has 1 atom stereocenters. The molecule has 6 nitrogen and oxygen atoms in total. The Morgan fingerprint density at radius 3 is 2.30 bits per heavy atom. The first kappa shape index (κ1) is 18.6. The molecule has 4 N–H and O–H groups in total. The molecule has 0 amide bonds. The maximum atomic E-state index is 12.5. The molecule has 0 radical (unpaired) electrons. The molecule has 1 unspecified atom stereocenters. The molecule has 0 saturated heterocycles. The van der Waals surface area contributed by atoms with Crippen molar-refractivity contribution >= 4 is 11.0 Å². The number of phenolic OH excluding ortho intramolecular Hbond substituents is 3. The fraction of sp³-hybridized carbons (Fsp3) is 0.286. The number of unbranched alkanes of at least 4 members (excludes halogenated alkanes) is 1. The van der Waals surface area contributed by atoms with Crippen LogP contribution in [0.1, 0.15) is 44.6 Å². The molecular formula is C21H22O6. The van der Waals surface area contributed by atoms with Crippen LogP contribution in [-0.4, -0.2) is 20.4 Å². The second-order valence-corrected chi connectivity index (χ2v) is 6.77. The number of hydrogen-bond donors (Lipinski definition) is 4. The van der Waals surface area contributed by atoms with Crippen molar-refractivity contribution < 1.29 is 24.8 Å². The molecule has 3 rings (SSSR count). The SMILES string of the molecule is CCCCC(C)c1ccc2c(=O)c(O)c(-c3cc(O)c(O)c(O)c3)oc2c1. The summed E-state index contributed by atoms with van der Waals surface area (Å²) in [5.41, 5.74) is 0.794. The zero-order valence-electron chi connectivity index (χ0n) is 15.2. The standard InChI is InChI=1S/C21H22O6/c1-3-4-5-11(2)12-6-7-14-17(10-12)27-21(20(26)18(14)24)13-8-15(22)19(25)16(23)9-13/h6-11,22-23,25-26H,3-5H2,1-2H3. The largest absolute Gasteiger partial charge is 0.504 e. The highest BCUT2D eigenvalue weighted by Crippen LogP contribution is 2.41. The molecule has 6 heteroatoms. The van der Waals surface area contributed by atoms with Crippen molar-refractivity contribution in [3.63, 3.8) is 0 Å². The molecule has 0 aliphatic rings. The van der Waals surface area contributed by atoms with Crippen LogP contribution in [0.5, 0.6) is 23.0 Å². The maximum Gasteiger partial charge on any atom is 0.235 e. The summed E-state index contributed by atoms with van der Waals surface area (Å²) in [5.74, 6) is -2.38. The van der Waals surface area contributed by atoms with Gasteiger partial charge in [-0.15, -0.1) is 0 Å². The molecule has 0 fully saturated rings. The van der Waals surface area contributed by atoms with Gasteiger partial charge < -0.3 is 24.8 Å². The van der Waals surface area contributed by atoms with Crippen molar-refractivity contribution in [2.75, 3.05) is 0 Å². The first-order chi connectivity index (χ1) is 12.8. The van der Waals surface area contributed by atoms with Gasteiger partial charge in [0.05, 0.1) is 5.39 Å². The third-order valence-corrected chi connectivity index (χ3v) is 4.78. The van der Waals surface area contributed by atoms with Gasteiger partial charge in [-0.2, -0.15) is 0 Å². The van der Waals surface area contributed by atoms with Crippen LogP contribution in [-0.2, 0) is 0 Å². The van der Waals surface area contributed by atoms with Crippen LogP contribution in [0.2, 0.25) is 0 Å². The van der Waals surface area contributed by atoms with Gasteiger partial charge in [0.15, 0.2) is 23.0 Å². The second kappa shape index (κ2) is 7.23. The zero-order valence-corrected chi connectivity index (χ0v) is 15.2. The molecule has 0 bridgehead atoms. The first-order valence-corrected chi connectivity index (χ1v) is 8.88. The molecule has 1 heterocycles. The fourth-order valence-electron chi connectivity index (χ4n) is 3.11. The Labute approximate surface area is 156 Å². The van der Waals surface area contributed by atoms with Gasteiger partial charge in [0.1, 0.15) is 5.58 Å². The summed E-state index contributed by atoms with van der Waals surface area (Å²) in [6.45, 7) is 4.23. The number of hydrogen-bond acceptors (Lipinski definition) is 6. The second-order valence-electron chi connectivity index (χ2n) is 6.77. The molecule has 27 heavy (non-hydrogen) atoms. The Morgan fingerprint density at radius 1 is 1.00 bits per heavy atom. The van der Waals surface area contributed by atoms with E-state index in [1.54, 1.807) is 12.1 Å². The molecule has 142 valence electrons. The van der Waals surface area contributed by atoms with Gasteiger partial charge in [-0.3, -0.25) is 4.79 Å². The minimum Gasteiger partial charge on any atom is -0.504 e. The third kappa shape index (κ3) is 3.43. The number of fused-ring (bicyclic) bond motifs is 1. The summed E-state index contributed by atoms with van der Waals surface area (Å²) in [4.78, 5) is 12.5. The first-order valence-electron chi connectivity index (χ1n) is 8.88. The predicted octanol–water partition coefficient (Wildman–Crippen LogP) is 4.58. The Hall–Kier alpha value is -3.15. The summed E-state index contributed by atoms with van der Waals surface area (Å²) in [5, 5.41) is 39.4. The molecule has 0 aliphatic heterocycles. The minimum atomic E-state index is -0.687. The lowest BCUT2D eigenvalue weighted by Crippen LogP contribution is -2.03. The summed E-state index contributed by atoms with van der Waals surface area (Å²) in [6, 6.07) is 7.48. The maximum absolute atomic E-state index is 12.5. The Bertz CT molecular complexity index is 1030. The van der Waals surface area contributed by atoms with Crippen LogP contribution in [0.15, 0.2) is 39.5 Å². The number of aromatic hydroxyl groups is 4. The van der Waals surface area contributed by atoms with E-state index < -0.39 is 28.4 Å². The van der Waals surface area contributed by atoms with Crippen molar-refractivity contribution in [2.45, 2.75) is 39.0 Å². The van der Waals surface area contributed by atoms with Crippen molar-refractivity contribution in [3.05, 3.63) is 46.1 Å². The van der Waals surface area contributed by atoms with Gasteiger partial charge in [0, 0.05) is 5.56 Å². The summed E-state index contributed by atoms with van der Waals surface area (Å²) >= 11 is 0. The molecule has 0 saturated carbocycles. The quantitative estimate of drug-likeness (QED) is 0.489. The van der Waals surface area contributed by atoms with Gasteiger partial charge in [-0.25, -0.2) is 0 Å². The van der Waals surface area contributed by atoms with Crippen molar-refractivity contribution in [3.8, 4) is 34.3 Å². The van der Waals surface area contributed by atoms with E-state index in [2.05, 4.69) is 13.8 Å². The third-order valence-electron chi connectivity index (χ3n) is 4.78. The van der Waals surface area contributed by atoms with E-state index in [-0.39, 0.29) is 16.7 Å². The minimum absolute atomic E-state index is 0.0729. The molecule has 0 spiro atoms. The van der Waals surface area contributed by atoms with Crippen LogP contribution >= 0.6 is 0 Å². The van der Waals surface area contributed by atoms with Gasteiger partial charge in [-0.1, -0.05) is 32.8 Å². The average Bonchev–Trinajstić information content (AvgIpc) is 2.66. The normalized spacial score (nSPS) is 12.4. The van der Waals surface area contributed by atoms with Crippen molar-refractivity contribution in [2.24, 2.45) is 0 Å². The number of benzene rings is 2. The fourth-order valence-corrected chi connectivity index (χ4v) is 3.11. The van der Waals surface area contributed by atoms with Crippen LogP contribution in [0, 0.1) is 0 Å². The van der Waals surface area contributed by atoms with Gasteiger partial charge in [0.2, 0.25) is 11.2 Å². The van der Waals surface area contributed by atoms with E-state index in [4.69, 9.17) is 4.42 Å². The van der Waals surface area contributed by atoms with Gasteiger partial charge in [0.25, 0.3) is 0 Å². The summed E-state index contributed by atoms with van der Waals surface area (Å²) < 4.78 is 5.75. The molecule has 2 aromatic carbocycles. The van der Waals surface area contributed by atoms with Gasteiger partial charge in [-0.05, 0) is 42.2 Å². The topological polar surface area (TPSA) is 111 Å². The van der Waals surface area contributed by atoms with E-state index in [1.165, 1.54) is 0 Å². The highest BCUT2D eigenvalue weighted by molar-refractivity contribution is 5.83.